The van der Waals surface area contributed by atoms with E-state index in [0.29, 0.717) is 67.9 Å². The molecule has 2 aromatic heterocycles. The van der Waals surface area contributed by atoms with Gasteiger partial charge in [0.1, 0.15) is 17.1 Å². The molecule has 1 fully saturated rings. The van der Waals surface area contributed by atoms with Crippen LogP contribution in [0.25, 0.3) is 22.4 Å². The summed E-state index contributed by atoms with van der Waals surface area (Å²) in [4.78, 5) is 20.6. The zero-order chi connectivity index (χ0) is 25.9. The van der Waals surface area contributed by atoms with Crippen molar-refractivity contribution in [1.29, 1.82) is 0 Å². The summed E-state index contributed by atoms with van der Waals surface area (Å²) >= 11 is 0. The molecule has 0 amide bonds. The molecule has 1 saturated heterocycles. The maximum atomic E-state index is 13.5. The molecule has 1 N–H and O–H groups in total. The van der Waals surface area contributed by atoms with E-state index in [-0.39, 0.29) is 22.4 Å². The quantitative estimate of drug-likeness (QED) is 0.412. The van der Waals surface area contributed by atoms with Crippen LogP contribution in [-0.4, -0.2) is 64.9 Å². The van der Waals surface area contributed by atoms with E-state index in [9.17, 15) is 13.2 Å². The third-order valence-corrected chi connectivity index (χ3v) is 8.14. The van der Waals surface area contributed by atoms with Gasteiger partial charge < -0.3 is 14.5 Å². The van der Waals surface area contributed by atoms with Crippen LogP contribution in [-0.2, 0) is 28.2 Å². The summed E-state index contributed by atoms with van der Waals surface area (Å²) in [5.41, 5.74) is 1.68. The first-order valence-electron chi connectivity index (χ1n) is 12.3. The number of H-pyrrole nitrogens is 1. The molecule has 0 radical (unpaired) electrons. The predicted octanol–water partition coefficient (Wildman–Crippen LogP) is 3.03. The van der Waals surface area contributed by atoms with E-state index >= 15 is 0 Å². The van der Waals surface area contributed by atoms with Gasteiger partial charge >= 0.3 is 0 Å². The third kappa shape index (κ3) is 5.09. The van der Waals surface area contributed by atoms with Crippen LogP contribution >= 0.6 is 0 Å². The zero-order valence-electron chi connectivity index (χ0n) is 21.0. The molecule has 10 nitrogen and oxygen atoms in total. The molecule has 0 aliphatic carbocycles. The van der Waals surface area contributed by atoms with Crippen LogP contribution in [0.2, 0.25) is 0 Å². The zero-order valence-corrected chi connectivity index (χ0v) is 21.8. The minimum atomic E-state index is -3.77. The Balaban J connectivity index is 1.74. The van der Waals surface area contributed by atoms with Crippen molar-refractivity contribution < 1.29 is 17.9 Å². The number of fused-ring (bicyclic) bond motifs is 1. The van der Waals surface area contributed by atoms with Crippen molar-refractivity contribution >= 4 is 21.1 Å². The SMILES string of the molecule is C=CCOC1CCN(S(=O)(=O)c2ccc(OCC)c(-c3nc4c(CCC)nn(C)c4c(=O)[nH]3)c2)CC1. The Morgan fingerprint density at radius 1 is 1.25 bits per heavy atom. The lowest BCUT2D eigenvalue weighted by Crippen LogP contribution is -2.40. The Labute approximate surface area is 211 Å². The summed E-state index contributed by atoms with van der Waals surface area (Å²) in [7, 11) is -2.06. The van der Waals surface area contributed by atoms with Gasteiger partial charge in [0.15, 0.2) is 5.52 Å². The van der Waals surface area contributed by atoms with Gasteiger partial charge in [0.05, 0.1) is 35.5 Å². The highest BCUT2D eigenvalue weighted by molar-refractivity contribution is 7.89. The predicted molar refractivity (Wildman–Crippen MR) is 138 cm³/mol. The lowest BCUT2D eigenvalue weighted by Gasteiger charge is -2.31. The average molecular weight is 516 g/mol. The number of rotatable bonds is 10. The topological polar surface area (TPSA) is 119 Å². The van der Waals surface area contributed by atoms with Crippen LogP contribution in [0.4, 0.5) is 0 Å². The summed E-state index contributed by atoms with van der Waals surface area (Å²) in [6.45, 7) is 9.08. The largest absolute Gasteiger partial charge is 0.493 e. The van der Waals surface area contributed by atoms with Crippen molar-refractivity contribution in [2.45, 2.75) is 50.5 Å². The van der Waals surface area contributed by atoms with Gasteiger partial charge in [0.25, 0.3) is 5.56 Å². The van der Waals surface area contributed by atoms with Gasteiger partial charge in [0, 0.05) is 20.1 Å². The molecule has 4 rings (SSSR count). The third-order valence-electron chi connectivity index (χ3n) is 6.24. The normalized spacial score (nSPS) is 15.4. The monoisotopic (exact) mass is 515 g/mol. The molecular formula is C25H33N5O5S. The van der Waals surface area contributed by atoms with E-state index in [4.69, 9.17) is 14.5 Å². The first kappa shape index (κ1) is 26.1. The van der Waals surface area contributed by atoms with Gasteiger partial charge in [-0.2, -0.15) is 9.40 Å². The van der Waals surface area contributed by atoms with E-state index in [1.54, 1.807) is 19.2 Å². The summed E-state index contributed by atoms with van der Waals surface area (Å²) in [5, 5.41) is 4.46. The van der Waals surface area contributed by atoms with E-state index < -0.39 is 10.0 Å². The summed E-state index contributed by atoms with van der Waals surface area (Å²) in [6, 6.07) is 4.68. The molecule has 0 spiro atoms. The fourth-order valence-corrected chi connectivity index (χ4v) is 6.00. The van der Waals surface area contributed by atoms with E-state index in [0.717, 1.165) is 12.1 Å². The Morgan fingerprint density at radius 3 is 2.67 bits per heavy atom. The van der Waals surface area contributed by atoms with Crippen molar-refractivity contribution in [3.05, 3.63) is 46.9 Å². The molecule has 3 heterocycles. The average Bonchev–Trinajstić information content (AvgIpc) is 3.19. The molecule has 1 aliphatic rings. The molecule has 0 atom stereocenters. The number of sulfonamides is 1. The number of hydrogen-bond donors (Lipinski definition) is 1. The highest BCUT2D eigenvalue weighted by Crippen LogP contribution is 2.33. The van der Waals surface area contributed by atoms with Crippen LogP contribution < -0.4 is 10.3 Å². The maximum Gasteiger partial charge on any atom is 0.277 e. The number of hydrogen-bond acceptors (Lipinski definition) is 7. The van der Waals surface area contributed by atoms with Crippen molar-refractivity contribution in [3.63, 3.8) is 0 Å². The number of benzene rings is 1. The van der Waals surface area contributed by atoms with Gasteiger partial charge in [-0.3, -0.25) is 9.48 Å². The number of aromatic amines is 1. The molecule has 0 unspecified atom stereocenters. The van der Waals surface area contributed by atoms with Crippen LogP contribution in [0.15, 0.2) is 40.5 Å². The second-order valence-electron chi connectivity index (χ2n) is 8.75. The minimum absolute atomic E-state index is 0.0168. The summed E-state index contributed by atoms with van der Waals surface area (Å²) < 4.78 is 41.5. The Bertz CT molecular complexity index is 1400. The van der Waals surface area contributed by atoms with E-state index in [1.807, 2.05) is 13.8 Å². The first-order valence-corrected chi connectivity index (χ1v) is 13.7. The fraction of sp³-hybridized carbons (Fsp3) is 0.480. The van der Waals surface area contributed by atoms with Gasteiger partial charge in [0.2, 0.25) is 10.0 Å². The number of ether oxygens (including phenoxy) is 2. The molecule has 194 valence electrons. The summed E-state index contributed by atoms with van der Waals surface area (Å²) in [6.07, 6.45) is 4.46. The number of aromatic nitrogens is 4. The summed E-state index contributed by atoms with van der Waals surface area (Å²) in [5.74, 6) is 0.686. The van der Waals surface area contributed by atoms with Crippen LogP contribution in [0.1, 0.15) is 38.8 Å². The number of nitrogens with zero attached hydrogens (tertiary/aromatic N) is 4. The van der Waals surface area contributed by atoms with E-state index in [1.165, 1.54) is 21.1 Å². The first-order chi connectivity index (χ1) is 17.3. The second kappa shape index (κ2) is 10.9. The van der Waals surface area contributed by atoms with Gasteiger partial charge in [-0.15, -0.1) is 6.58 Å². The fourth-order valence-electron chi connectivity index (χ4n) is 4.51. The van der Waals surface area contributed by atoms with Gasteiger partial charge in [-0.05, 0) is 44.4 Å². The highest BCUT2D eigenvalue weighted by Gasteiger charge is 2.30. The number of piperidine rings is 1. The molecule has 0 bridgehead atoms. The molecule has 1 aliphatic heterocycles. The van der Waals surface area contributed by atoms with Crippen molar-refractivity contribution in [2.75, 3.05) is 26.3 Å². The lowest BCUT2D eigenvalue weighted by atomic mass is 10.1. The molecule has 11 heteroatoms. The van der Waals surface area contributed by atoms with Crippen LogP contribution in [0.3, 0.4) is 0 Å². The number of nitrogens with one attached hydrogen (secondary N) is 1. The van der Waals surface area contributed by atoms with Gasteiger partial charge in [-0.1, -0.05) is 19.4 Å². The van der Waals surface area contributed by atoms with Crippen molar-refractivity contribution in [2.24, 2.45) is 7.05 Å². The standard InChI is InChI=1S/C25H33N5O5S/c1-5-8-20-22-23(29(4)28-20)25(31)27-24(26-22)19-16-18(9-10-21(19)34-7-3)36(32,33)30-13-11-17(12-14-30)35-15-6-2/h6,9-10,16-17H,2,5,7-8,11-15H2,1,3-4H3,(H,26,27,31). The van der Waals surface area contributed by atoms with Crippen LogP contribution in [0.5, 0.6) is 5.75 Å². The minimum Gasteiger partial charge on any atom is -0.493 e. The molecule has 3 aromatic rings. The second-order valence-corrected chi connectivity index (χ2v) is 10.7. The number of aryl methyl sites for hydroxylation is 2. The molecule has 36 heavy (non-hydrogen) atoms. The highest BCUT2D eigenvalue weighted by atomic mass is 32.2. The van der Waals surface area contributed by atoms with E-state index in [2.05, 4.69) is 16.7 Å². The smallest absolute Gasteiger partial charge is 0.277 e. The van der Waals surface area contributed by atoms with Gasteiger partial charge in [-0.25, -0.2) is 13.4 Å². The van der Waals surface area contributed by atoms with Crippen molar-refractivity contribution in [3.8, 4) is 17.1 Å². The lowest BCUT2D eigenvalue weighted by molar-refractivity contribution is 0.0381. The Kier molecular flexibility index (Phi) is 7.91. The Morgan fingerprint density at radius 2 is 2.00 bits per heavy atom. The van der Waals surface area contributed by atoms with Crippen molar-refractivity contribution in [1.82, 2.24) is 24.1 Å². The maximum absolute atomic E-state index is 13.5. The Hall–Kier alpha value is -3.02. The molecule has 0 saturated carbocycles. The molecular weight excluding hydrogens is 482 g/mol. The van der Waals surface area contributed by atoms with Crippen LogP contribution in [0, 0.1) is 0 Å². The molecule has 1 aromatic carbocycles.